The monoisotopic (exact) mass is 310 g/mol. The molecular weight excluding hydrogens is 296 g/mol. The zero-order valence-electron chi connectivity index (χ0n) is 9.75. The van der Waals surface area contributed by atoms with Crippen LogP contribution in [0, 0.1) is 0 Å². The summed E-state index contributed by atoms with van der Waals surface area (Å²) in [6, 6.07) is 0. The van der Waals surface area contributed by atoms with Crippen LogP contribution in [-0.4, -0.2) is 46.5 Å². The number of hydrogen-bond donors (Lipinski definition) is 1. The van der Waals surface area contributed by atoms with Gasteiger partial charge in [0, 0.05) is 13.8 Å². The summed E-state index contributed by atoms with van der Waals surface area (Å²) >= 11 is 3.16. The van der Waals surface area contributed by atoms with Crippen LogP contribution in [-0.2, 0) is 23.8 Å². The highest BCUT2D eigenvalue weighted by molar-refractivity contribution is 9.09. The largest absolute Gasteiger partial charge is 0.457 e. The van der Waals surface area contributed by atoms with Crippen molar-refractivity contribution in [3.63, 3.8) is 0 Å². The van der Waals surface area contributed by atoms with Gasteiger partial charge in [-0.1, -0.05) is 15.9 Å². The molecule has 0 radical (unpaired) electrons. The van der Waals surface area contributed by atoms with Gasteiger partial charge in [-0.05, 0) is 6.92 Å². The second-order valence-electron chi connectivity index (χ2n) is 3.82. The highest BCUT2D eigenvalue weighted by atomic mass is 79.9. The van der Waals surface area contributed by atoms with Crippen LogP contribution in [0.1, 0.15) is 20.8 Å². The lowest BCUT2D eigenvalue weighted by atomic mass is 10.0. The number of alkyl halides is 1. The normalized spacial score (nSPS) is 37.4. The molecule has 0 spiro atoms. The molecule has 17 heavy (non-hydrogen) atoms. The van der Waals surface area contributed by atoms with E-state index in [9.17, 15) is 14.7 Å². The molecule has 0 aromatic rings. The van der Waals surface area contributed by atoms with Crippen molar-refractivity contribution in [2.45, 2.75) is 50.2 Å². The van der Waals surface area contributed by atoms with E-state index in [2.05, 4.69) is 15.9 Å². The lowest BCUT2D eigenvalue weighted by Crippen LogP contribution is -2.57. The molecule has 1 aliphatic heterocycles. The molecule has 0 aromatic carbocycles. The molecule has 0 unspecified atom stereocenters. The van der Waals surface area contributed by atoms with Crippen molar-refractivity contribution in [3.05, 3.63) is 0 Å². The van der Waals surface area contributed by atoms with Crippen molar-refractivity contribution in [2.24, 2.45) is 0 Å². The SMILES string of the molecule is CC(=O)O[C@@H]1[C@@H](OC(C)=O)[C@H](Br)[C@@H](O)O[C@H]1C. The highest BCUT2D eigenvalue weighted by Gasteiger charge is 2.46. The minimum atomic E-state index is -1.12. The van der Waals surface area contributed by atoms with E-state index in [1.54, 1.807) is 6.92 Å². The Hall–Kier alpha value is -0.660. The molecule has 1 heterocycles. The quantitative estimate of drug-likeness (QED) is 0.585. The minimum absolute atomic E-state index is 0.501. The number of halogens is 1. The van der Waals surface area contributed by atoms with Crippen molar-refractivity contribution in [2.75, 3.05) is 0 Å². The number of esters is 2. The second kappa shape index (κ2) is 5.79. The van der Waals surface area contributed by atoms with Gasteiger partial charge in [-0.2, -0.15) is 0 Å². The number of ether oxygens (including phenoxy) is 3. The number of aliphatic hydroxyl groups excluding tert-OH is 1. The van der Waals surface area contributed by atoms with Gasteiger partial charge in [-0.15, -0.1) is 0 Å². The van der Waals surface area contributed by atoms with Crippen molar-refractivity contribution < 1.29 is 28.9 Å². The molecule has 1 fully saturated rings. The smallest absolute Gasteiger partial charge is 0.303 e. The fourth-order valence-corrected chi connectivity index (χ4v) is 2.19. The summed E-state index contributed by atoms with van der Waals surface area (Å²) in [6.07, 6.45) is -3.22. The topological polar surface area (TPSA) is 82.1 Å². The first-order valence-corrected chi connectivity index (χ1v) is 6.06. The zero-order chi connectivity index (χ0) is 13.2. The van der Waals surface area contributed by atoms with E-state index < -0.39 is 41.4 Å². The predicted octanol–water partition coefficient (Wildman–Crippen LogP) is 0.350. The first-order chi connectivity index (χ1) is 7.82. The van der Waals surface area contributed by atoms with Crippen LogP contribution in [0.25, 0.3) is 0 Å². The van der Waals surface area contributed by atoms with Crippen LogP contribution in [0.4, 0.5) is 0 Å². The lowest BCUT2D eigenvalue weighted by molar-refractivity contribution is -0.236. The Labute approximate surface area is 107 Å². The van der Waals surface area contributed by atoms with Crippen LogP contribution in [0.3, 0.4) is 0 Å². The molecule has 0 amide bonds. The third-order valence-electron chi connectivity index (χ3n) is 2.33. The Balaban J connectivity index is 2.86. The minimum Gasteiger partial charge on any atom is -0.457 e. The fraction of sp³-hybridized carbons (Fsp3) is 0.800. The van der Waals surface area contributed by atoms with Crippen LogP contribution < -0.4 is 0 Å². The fourth-order valence-electron chi connectivity index (χ4n) is 1.66. The molecule has 1 N–H and O–H groups in total. The Morgan fingerprint density at radius 1 is 1.18 bits per heavy atom. The molecule has 0 bridgehead atoms. The summed E-state index contributed by atoms with van der Waals surface area (Å²) in [5, 5.41) is 9.58. The van der Waals surface area contributed by atoms with E-state index in [4.69, 9.17) is 14.2 Å². The maximum absolute atomic E-state index is 11.0. The Bertz CT molecular complexity index is 307. The van der Waals surface area contributed by atoms with Gasteiger partial charge in [0.15, 0.2) is 18.5 Å². The average molecular weight is 311 g/mol. The molecule has 1 rings (SSSR count). The Kier molecular flexibility index (Phi) is 4.91. The number of carbonyl (C=O) groups is 2. The summed E-state index contributed by atoms with van der Waals surface area (Å²) in [5.41, 5.74) is 0. The maximum atomic E-state index is 11.0. The summed E-state index contributed by atoms with van der Waals surface area (Å²) in [4.78, 5) is 21.3. The first kappa shape index (κ1) is 14.4. The summed E-state index contributed by atoms with van der Waals surface area (Å²) in [6.45, 7) is 4.13. The molecule has 1 saturated heterocycles. The van der Waals surface area contributed by atoms with E-state index in [1.165, 1.54) is 13.8 Å². The number of hydrogen-bond acceptors (Lipinski definition) is 6. The Morgan fingerprint density at radius 2 is 1.65 bits per heavy atom. The van der Waals surface area contributed by atoms with Gasteiger partial charge in [0.05, 0.1) is 6.10 Å². The lowest BCUT2D eigenvalue weighted by Gasteiger charge is -2.40. The van der Waals surface area contributed by atoms with Gasteiger partial charge in [-0.3, -0.25) is 9.59 Å². The van der Waals surface area contributed by atoms with E-state index in [1.807, 2.05) is 0 Å². The van der Waals surface area contributed by atoms with Crippen LogP contribution in [0.5, 0.6) is 0 Å². The first-order valence-electron chi connectivity index (χ1n) is 5.15. The summed E-state index contributed by atoms with van der Waals surface area (Å²) < 4.78 is 15.3. The van der Waals surface area contributed by atoms with Crippen molar-refractivity contribution in [1.82, 2.24) is 0 Å². The molecular formula is C10H15BrO6. The average Bonchev–Trinajstić information content (AvgIpc) is 2.19. The van der Waals surface area contributed by atoms with Crippen molar-refractivity contribution in [3.8, 4) is 0 Å². The predicted molar refractivity (Wildman–Crippen MR) is 60.4 cm³/mol. The van der Waals surface area contributed by atoms with Gasteiger partial charge in [0.2, 0.25) is 0 Å². The van der Waals surface area contributed by atoms with E-state index in [0.717, 1.165) is 0 Å². The molecule has 0 aliphatic carbocycles. The van der Waals surface area contributed by atoms with Gasteiger partial charge >= 0.3 is 11.9 Å². The zero-order valence-corrected chi connectivity index (χ0v) is 11.3. The molecule has 98 valence electrons. The standard InChI is InChI=1S/C10H15BrO6/c1-4-8(16-5(2)12)9(17-6(3)13)7(11)10(14)15-4/h4,7-10,14H,1-3H3/t4-,7-,8-,9-,10-/m0/s1. The van der Waals surface area contributed by atoms with Crippen molar-refractivity contribution >= 4 is 27.9 Å². The molecule has 5 atom stereocenters. The van der Waals surface area contributed by atoms with Gasteiger partial charge in [0.1, 0.15) is 4.83 Å². The Morgan fingerprint density at radius 3 is 2.12 bits per heavy atom. The van der Waals surface area contributed by atoms with E-state index in [0.29, 0.717) is 0 Å². The third kappa shape index (κ3) is 3.65. The number of rotatable bonds is 2. The van der Waals surface area contributed by atoms with Crippen LogP contribution in [0.15, 0.2) is 0 Å². The van der Waals surface area contributed by atoms with Crippen LogP contribution >= 0.6 is 15.9 Å². The summed E-state index contributed by atoms with van der Waals surface area (Å²) in [5.74, 6) is -1.02. The van der Waals surface area contributed by atoms with Gasteiger partial charge in [0.25, 0.3) is 0 Å². The van der Waals surface area contributed by atoms with Gasteiger partial charge < -0.3 is 19.3 Å². The summed E-state index contributed by atoms with van der Waals surface area (Å²) in [7, 11) is 0. The second-order valence-corrected chi connectivity index (χ2v) is 4.88. The van der Waals surface area contributed by atoms with Gasteiger partial charge in [-0.25, -0.2) is 0 Å². The molecule has 7 heteroatoms. The van der Waals surface area contributed by atoms with Crippen molar-refractivity contribution in [1.29, 1.82) is 0 Å². The van der Waals surface area contributed by atoms with E-state index >= 15 is 0 Å². The highest BCUT2D eigenvalue weighted by Crippen LogP contribution is 2.29. The number of carbonyl (C=O) groups excluding carboxylic acids is 2. The molecule has 0 aromatic heterocycles. The molecule has 0 saturated carbocycles. The maximum Gasteiger partial charge on any atom is 0.303 e. The number of aliphatic hydroxyl groups is 1. The molecule has 1 aliphatic rings. The van der Waals surface area contributed by atoms with E-state index in [-0.39, 0.29) is 0 Å². The molecule has 6 nitrogen and oxygen atoms in total. The van der Waals surface area contributed by atoms with Crippen LogP contribution in [0.2, 0.25) is 0 Å². The third-order valence-corrected chi connectivity index (χ3v) is 3.30.